The van der Waals surface area contributed by atoms with Gasteiger partial charge in [0.15, 0.2) is 0 Å². The van der Waals surface area contributed by atoms with Crippen molar-refractivity contribution in [2.45, 2.75) is 45.9 Å². The lowest BCUT2D eigenvalue weighted by molar-refractivity contribution is 0.0270. The number of benzene rings is 1. The number of pyridine rings is 1. The molecule has 0 saturated carbocycles. The number of fused-ring (bicyclic) bond motifs is 1. The van der Waals surface area contributed by atoms with Crippen LogP contribution in [0.4, 0.5) is 4.79 Å². The number of halogens is 1. The van der Waals surface area contributed by atoms with Crippen LogP contribution in [0.3, 0.4) is 0 Å². The standard InChI is InChI=1S/C25H31ClN4O5/c1-16-15-29(13-12-28(5)24(34)35-25(2,3)4)23(33)20-11-10-19(22(32)30(16)20)21(31)27-14-17-6-8-18(26)9-7-17/h6-11,16H,12-15H2,1-5H3,(H,27,31). The molecule has 10 heteroatoms. The van der Waals surface area contributed by atoms with Gasteiger partial charge in [0.2, 0.25) is 0 Å². The number of carbonyl (C=O) groups excluding carboxylic acids is 3. The summed E-state index contributed by atoms with van der Waals surface area (Å²) in [6.07, 6.45) is -0.471. The van der Waals surface area contributed by atoms with Gasteiger partial charge in [-0.25, -0.2) is 4.79 Å². The van der Waals surface area contributed by atoms with Crippen molar-refractivity contribution in [3.05, 3.63) is 68.6 Å². The normalized spacial score (nSPS) is 15.4. The summed E-state index contributed by atoms with van der Waals surface area (Å²) in [5.74, 6) is -0.841. The van der Waals surface area contributed by atoms with Gasteiger partial charge in [-0.3, -0.25) is 19.0 Å². The van der Waals surface area contributed by atoms with Crippen molar-refractivity contribution in [2.24, 2.45) is 0 Å². The average Bonchev–Trinajstić information content (AvgIpc) is 2.78. The fraction of sp³-hybridized carbons (Fsp3) is 0.440. The highest BCUT2D eigenvalue weighted by molar-refractivity contribution is 6.30. The summed E-state index contributed by atoms with van der Waals surface area (Å²) in [7, 11) is 1.61. The summed E-state index contributed by atoms with van der Waals surface area (Å²) in [5.41, 5.74) is -0.0954. The first-order chi connectivity index (χ1) is 16.4. The van der Waals surface area contributed by atoms with E-state index < -0.39 is 23.2 Å². The van der Waals surface area contributed by atoms with Crippen molar-refractivity contribution in [1.82, 2.24) is 19.7 Å². The first kappa shape index (κ1) is 26.3. The van der Waals surface area contributed by atoms with E-state index in [4.69, 9.17) is 16.3 Å². The van der Waals surface area contributed by atoms with E-state index in [0.717, 1.165) is 5.56 Å². The van der Waals surface area contributed by atoms with Gasteiger partial charge in [-0.05, 0) is 57.5 Å². The van der Waals surface area contributed by atoms with Gasteiger partial charge in [-0.1, -0.05) is 23.7 Å². The van der Waals surface area contributed by atoms with Crippen molar-refractivity contribution in [1.29, 1.82) is 0 Å². The fourth-order valence-electron chi connectivity index (χ4n) is 3.76. The van der Waals surface area contributed by atoms with E-state index in [1.165, 1.54) is 21.6 Å². The molecule has 2 heterocycles. The van der Waals surface area contributed by atoms with Crippen LogP contribution in [0.25, 0.3) is 0 Å². The third-order valence-electron chi connectivity index (χ3n) is 5.57. The Balaban J connectivity index is 1.69. The van der Waals surface area contributed by atoms with Crippen LogP contribution in [-0.4, -0.2) is 64.6 Å². The molecular weight excluding hydrogens is 472 g/mol. The molecule has 0 aliphatic carbocycles. The Morgan fingerprint density at radius 2 is 1.80 bits per heavy atom. The maximum atomic E-state index is 13.1. The number of carbonyl (C=O) groups is 3. The Morgan fingerprint density at radius 3 is 2.43 bits per heavy atom. The Bertz CT molecular complexity index is 1170. The van der Waals surface area contributed by atoms with E-state index in [-0.39, 0.29) is 49.4 Å². The molecule has 1 atom stereocenters. The summed E-state index contributed by atoms with van der Waals surface area (Å²) in [4.78, 5) is 54.1. The van der Waals surface area contributed by atoms with Gasteiger partial charge in [-0.15, -0.1) is 0 Å². The number of hydrogen-bond acceptors (Lipinski definition) is 5. The minimum absolute atomic E-state index is 0.0273. The lowest BCUT2D eigenvalue weighted by Crippen LogP contribution is -2.50. The van der Waals surface area contributed by atoms with E-state index in [1.807, 2.05) is 6.92 Å². The van der Waals surface area contributed by atoms with Crippen LogP contribution in [0.2, 0.25) is 5.02 Å². The van der Waals surface area contributed by atoms with Gasteiger partial charge in [0.25, 0.3) is 17.4 Å². The molecule has 1 aromatic carbocycles. The van der Waals surface area contributed by atoms with Crippen molar-refractivity contribution < 1.29 is 19.1 Å². The van der Waals surface area contributed by atoms with Gasteiger partial charge in [-0.2, -0.15) is 0 Å². The smallest absolute Gasteiger partial charge is 0.410 e. The lowest BCUT2D eigenvalue weighted by atomic mass is 10.1. The third kappa shape index (κ3) is 6.42. The van der Waals surface area contributed by atoms with Crippen LogP contribution in [0.15, 0.2) is 41.2 Å². The molecule has 1 aliphatic heterocycles. The number of aromatic nitrogens is 1. The molecule has 188 valence electrons. The molecule has 0 radical (unpaired) electrons. The van der Waals surface area contributed by atoms with Crippen LogP contribution in [0.5, 0.6) is 0 Å². The largest absolute Gasteiger partial charge is 0.444 e. The number of ether oxygens (including phenoxy) is 1. The lowest BCUT2D eigenvalue weighted by Gasteiger charge is -2.35. The molecule has 0 fully saturated rings. The third-order valence-corrected chi connectivity index (χ3v) is 5.82. The molecule has 35 heavy (non-hydrogen) atoms. The van der Waals surface area contributed by atoms with Gasteiger partial charge < -0.3 is 19.9 Å². The predicted molar refractivity (Wildman–Crippen MR) is 133 cm³/mol. The Morgan fingerprint density at radius 1 is 1.14 bits per heavy atom. The predicted octanol–water partition coefficient (Wildman–Crippen LogP) is 3.32. The SMILES string of the molecule is CC1CN(CCN(C)C(=O)OC(C)(C)C)C(=O)c2ccc(C(=O)NCc3ccc(Cl)cc3)c(=O)n21. The minimum Gasteiger partial charge on any atom is -0.444 e. The van der Waals surface area contributed by atoms with Gasteiger partial charge in [0.05, 0.1) is 6.04 Å². The maximum Gasteiger partial charge on any atom is 0.410 e. The molecule has 1 unspecified atom stereocenters. The molecule has 2 aromatic rings. The summed E-state index contributed by atoms with van der Waals surface area (Å²) < 4.78 is 6.71. The van der Waals surface area contributed by atoms with Crippen LogP contribution < -0.4 is 10.9 Å². The number of nitrogens with zero attached hydrogens (tertiary/aromatic N) is 3. The highest BCUT2D eigenvalue weighted by atomic mass is 35.5. The van der Waals surface area contributed by atoms with Crippen LogP contribution in [-0.2, 0) is 11.3 Å². The van der Waals surface area contributed by atoms with Crippen molar-refractivity contribution in [3.8, 4) is 0 Å². The molecule has 1 aromatic heterocycles. The zero-order chi connectivity index (χ0) is 25.9. The summed E-state index contributed by atoms with van der Waals surface area (Å²) in [6.45, 7) is 8.27. The highest BCUT2D eigenvalue weighted by Crippen LogP contribution is 2.19. The minimum atomic E-state index is -0.611. The average molecular weight is 503 g/mol. The van der Waals surface area contributed by atoms with Crippen molar-refractivity contribution >= 4 is 29.5 Å². The molecule has 0 spiro atoms. The second kappa shape index (κ2) is 10.5. The van der Waals surface area contributed by atoms with E-state index in [2.05, 4.69) is 5.32 Å². The zero-order valence-corrected chi connectivity index (χ0v) is 21.4. The molecule has 3 amide bonds. The zero-order valence-electron chi connectivity index (χ0n) is 20.6. The van der Waals surface area contributed by atoms with E-state index in [1.54, 1.807) is 57.0 Å². The monoisotopic (exact) mass is 502 g/mol. The molecule has 3 rings (SSSR count). The summed E-state index contributed by atoms with van der Waals surface area (Å²) in [6, 6.07) is 9.57. The topological polar surface area (TPSA) is 101 Å². The van der Waals surface area contributed by atoms with Crippen molar-refractivity contribution in [2.75, 3.05) is 26.7 Å². The molecule has 0 bridgehead atoms. The number of nitrogens with one attached hydrogen (secondary N) is 1. The number of likely N-dealkylation sites (N-methyl/N-ethyl adjacent to an activating group) is 1. The Kier molecular flexibility index (Phi) is 7.90. The van der Waals surface area contributed by atoms with Gasteiger partial charge in [0.1, 0.15) is 16.9 Å². The highest BCUT2D eigenvalue weighted by Gasteiger charge is 2.31. The fourth-order valence-corrected chi connectivity index (χ4v) is 3.88. The molecule has 9 nitrogen and oxygen atoms in total. The summed E-state index contributed by atoms with van der Waals surface area (Å²) in [5, 5.41) is 3.33. The first-order valence-corrected chi connectivity index (χ1v) is 11.8. The Labute approximate surface area is 209 Å². The Hall–Kier alpha value is -3.33. The summed E-state index contributed by atoms with van der Waals surface area (Å²) >= 11 is 5.88. The number of rotatable bonds is 6. The second-order valence-electron chi connectivity index (χ2n) is 9.62. The second-order valence-corrected chi connectivity index (χ2v) is 10.1. The first-order valence-electron chi connectivity index (χ1n) is 11.4. The number of amides is 3. The molecular formula is C25H31ClN4O5. The van der Waals surface area contributed by atoms with Gasteiger partial charge in [0, 0.05) is 38.2 Å². The van der Waals surface area contributed by atoms with Crippen molar-refractivity contribution in [3.63, 3.8) is 0 Å². The van der Waals surface area contributed by atoms with Gasteiger partial charge >= 0.3 is 6.09 Å². The van der Waals surface area contributed by atoms with E-state index in [0.29, 0.717) is 5.02 Å². The van der Waals surface area contributed by atoms with E-state index in [9.17, 15) is 19.2 Å². The number of hydrogen-bond donors (Lipinski definition) is 1. The van der Waals surface area contributed by atoms with Crippen LogP contribution >= 0.6 is 11.6 Å². The molecule has 1 N–H and O–H groups in total. The van der Waals surface area contributed by atoms with E-state index >= 15 is 0 Å². The van der Waals surface area contributed by atoms with Crippen LogP contribution in [0, 0.1) is 0 Å². The maximum absolute atomic E-state index is 13.1. The quantitative estimate of drug-likeness (QED) is 0.653. The molecule has 1 aliphatic rings. The van der Waals surface area contributed by atoms with Crippen LogP contribution in [0.1, 0.15) is 60.1 Å². The molecule has 0 saturated heterocycles.